The number of hydrogen-bond donors (Lipinski definition) is 2. The highest BCUT2D eigenvalue weighted by molar-refractivity contribution is 6.30. The van der Waals surface area contributed by atoms with Crippen LogP contribution in [0.4, 0.5) is 0 Å². The first-order valence-corrected chi connectivity index (χ1v) is 7.84. The number of ketones is 1. The van der Waals surface area contributed by atoms with E-state index in [0.29, 0.717) is 36.5 Å². The molecular weight excluding hydrogens is 320 g/mol. The molecule has 6 nitrogen and oxygen atoms in total. The van der Waals surface area contributed by atoms with Gasteiger partial charge in [-0.25, -0.2) is 0 Å². The van der Waals surface area contributed by atoms with E-state index in [1.807, 2.05) is 4.90 Å². The Morgan fingerprint density at radius 1 is 1.17 bits per heavy atom. The number of amides is 1. The predicted molar refractivity (Wildman–Crippen MR) is 85.6 cm³/mol. The molecule has 0 unspecified atom stereocenters. The number of rotatable bonds is 6. The van der Waals surface area contributed by atoms with Crippen molar-refractivity contribution in [1.29, 1.82) is 0 Å². The zero-order chi connectivity index (χ0) is 16.8. The number of nitrogens with one attached hydrogen (secondary N) is 1. The molecule has 23 heavy (non-hydrogen) atoms. The van der Waals surface area contributed by atoms with Crippen LogP contribution < -0.4 is 5.32 Å². The fourth-order valence-corrected chi connectivity index (χ4v) is 2.76. The maximum Gasteiger partial charge on any atom is 0.322 e. The van der Waals surface area contributed by atoms with Crippen LogP contribution in [0, 0.1) is 5.92 Å². The molecule has 7 heteroatoms. The van der Waals surface area contributed by atoms with E-state index in [9.17, 15) is 14.4 Å². The van der Waals surface area contributed by atoms with Gasteiger partial charge in [-0.1, -0.05) is 11.6 Å². The van der Waals surface area contributed by atoms with Crippen LogP contribution in [0.25, 0.3) is 0 Å². The normalized spacial score (nSPS) is 16.0. The Bertz CT molecular complexity index is 580. The fraction of sp³-hybridized carbons (Fsp3) is 0.438. The first kappa shape index (κ1) is 17.4. The van der Waals surface area contributed by atoms with E-state index in [1.165, 1.54) is 0 Å². The molecule has 1 saturated heterocycles. The van der Waals surface area contributed by atoms with Crippen LogP contribution in [-0.2, 0) is 9.59 Å². The van der Waals surface area contributed by atoms with Gasteiger partial charge in [-0.3, -0.25) is 19.3 Å². The summed E-state index contributed by atoms with van der Waals surface area (Å²) in [6.07, 6.45) is 1.38. The van der Waals surface area contributed by atoms with Gasteiger partial charge in [0.1, 0.15) is 6.54 Å². The lowest BCUT2D eigenvalue weighted by Crippen LogP contribution is -2.43. The number of nitrogens with zero attached hydrogens (tertiary/aromatic N) is 1. The van der Waals surface area contributed by atoms with Gasteiger partial charge in [-0.15, -0.1) is 0 Å². The molecule has 2 rings (SSSR count). The number of piperidine rings is 1. The first-order valence-electron chi connectivity index (χ1n) is 7.46. The molecule has 1 aromatic carbocycles. The number of halogens is 1. The average Bonchev–Trinajstić information content (AvgIpc) is 2.54. The van der Waals surface area contributed by atoms with Crippen molar-refractivity contribution in [1.82, 2.24) is 10.2 Å². The molecule has 0 aromatic heterocycles. The maximum absolute atomic E-state index is 12.4. The summed E-state index contributed by atoms with van der Waals surface area (Å²) in [7, 11) is 0. The van der Waals surface area contributed by atoms with Crippen molar-refractivity contribution in [3.63, 3.8) is 0 Å². The van der Waals surface area contributed by atoms with Crippen molar-refractivity contribution in [2.75, 3.05) is 26.2 Å². The first-order chi connectivity index (χ1) is 11.0. The predicted octanol–water partition coefficient (Wildman–Crippen LogP) is 1.44. The Hall–Kier alpha value is -1.92. The summed E-state index contributed by atoms with van der Waals surface area (Å²) < 4.78 is 0. The van der Waals surface area contributed by atoms with Gasteiger partial charge in [-0.05, 0) is 50.2 Å². The van der Waals surface area contributed by atoms with Crippen LogP contribution in [0.5, 0.6) is 0 Å². The molecule has 1 fully saturated rings. The second-order valence-corrected chi connectivity index (χ2v) is 6.03. The lowest BCUT2D eigenvalue weighted by molar-refractivity contribution is -0.138. The third-order valence-corrected chi connectivity index (χ3v) is 4.14. The Kier molecular flexibility index (Phi) is 6.12. The largest absolute Gasteiger partial charge is 0.480 e. The van der Waals surface area contributed by atoms with E-state index < -0.39 is 5.97 Å². The van der Waals surface area contributed by atoms with E-state index in [4.69, 9.17) is 16.7 Å². The second kappa shape index (κ2) is 8.08. The Morgan fingerprint density at radius 2 is 1.78 bits per heavy atom. The molecule has 124 valence electrons. The minimum Gasteiger partial charge on any atom is -0.480 e. The topological polar surface area (TPSA) is 86.7 Å². The summed E-state index contributed by atoms with van der Waals surface area (Å²) in [5, 5.41) is 11.5. The molecule has 1 aromatic rings. The summed E-state index contributed by atoms with van der Waals surface area (Å²) in [6.45, 7) is 1.08. The highest BCUT2D eigenvalue weighted by Crippen LogP contribution is 2.22. The van der Waals surface area contributed by atoms with Gasteiger partial charge in [0.15, 0.2) is 5.78 Å². The lowest BCUT2D eigenvalue weighted by Gasteiger charge is -2.30. The van der Waals surface area contributed by atoms with Crippen LogP contribution in [0.3, 0.4) is 0 Å². The van der Waals surface area contributed by atoms with E-state index in [0.717, 1.165) is 0 Å². The van der Waals surface area contributed by atoms with Crippen LogP contribution in [-0.4, -0.2) is 53.8 Å². The van der Waals surface area contributed by atoms with Gasteiger partial charge in [0.2, 0.25) is 5.91 Å². The number of likely N-dealkylation sites (tertiary alicyclic amines) is 1. The highest BCUT2D eigenvalue weighted by atomic mass is 35.5. The third kappa shape index (κ3) is 5.33. The van der Waals surface area contributed by atoms with Gasteiger partial charge in [0.25, 0.3) is 0 Å². The van der Waals surface area contributed by atoms with Crippen molar-refractivity contribution in [2.45, 2.75) is 12.8 Å². The zero-order valence-electron chi connectivity index (χ0n) is 12.6. The molecule has 1 heterocycles. The Balaban J connectivity index is 1.79. The minimum atomic E-state index is -1.06. The van der Waals surface area contributed by atoms with Crippen LogP contribution in [0.1, 0.15) is 23.2 Å². The molecule has 2 N–H and O–H groups in total. The van der Waals surface area contributed by atoms with Gasteiger partial charge in [0, 0.05) is 16.5 Å². The number of benzene rings is 1. The van der Waals surface area contributed by atoms with E-state index in [-0.39, 0.29) is 30.7 Å². The lowest BCUT2D eigenvalue weighted by atomic mass is 9.89. The Morgan fingerprint density at radius 3 is 2.35 bits per heavy atom. The molecular formula is C16H19ClN2O4. The average molecular weight is 339 g/mol. The molecule has 0 bridgehead atoms. The number of carboxylic acids is 1. The summed E-state index contributed by atoms with van der Waals surface area (Å²) in [5.74, 6) is -1.31. The molecule has 1 amide bonds. The number of carbonyl (C=O) groups excluding carboxylic acids is 2. The molecule has 0 radical (unpaired) electrons. The molecule has 1 aliphatic rings. The number of hydrogen-bond acceptors (Lipinski definition) is 4. The maximum atomic E-state index is 12.4. The number of carboxylic acid groups (broad SMARTS) is 1. The van der Waals surface area contributed by atoms with E-state index >= 15 is 0 Å². The third-order valence-electron chi connectivity index (χ3n) is 3.89. The second-order valence-electron chi connectivity index (χ2n) is 5.59. The highest BCUT2D eigenvalue weighted by Gasteiger charge is 2.26. The quantitative estimate of drug-likeness (QED) is 0.766. The van der Waals surface area contributed by atoms with Gasteiger partial charge in [-0.2, -0.15) is 0 Å². The molecule has 0 atom stereocenters. The summed E-state index contributed by atoms with van der Waals surface area (Å²) in [6, 6.07) is 6.88. The number of Topliss-reactive ketones (excluding diaryl/α,β-unsaturated/α-hetero) is 1. The van der Waals surface area contributed by atoms with Crippen molar-refractivity contribution in [3.05, 3.63) is 34.9 Å². The van der Waals surface area contributed by atoms with Crippen LogP contribution in [0.15, 0.2) is 24.3 Å². The van der Waals surface area contributed by atoms with Gasteiger partial charge in [0.05, 0.1) is 6.54 Å². The molecule has 1 aliphatic heterocycles. The molecule has 0 saturated carbocycles. The summed E-state index contributed by atoms with van der Waals surface area (Å²) in [4.78, 5) is 36.3. The minimum absolute atomic E-state index is 0.0468. The summed E-state index contributed by atoms with van der Waals surface area (Å²) >= 11 is 5.82. The fourth-order valence-electron chi connectivity index (χ4n) is 2.64. The van der Waals surface area contributed by atoms with Crippen molar-refractivity contribution in [3.8, 4) is 0 Å². The van der Waals surface area contributed by atoms with Gasteiger partial charge < -0.3 is 10.4 Å². The smallest absolute Gasteiger partial charge is 0.322 e. The van der Waals surface area contributed by atoms with Crippen LogP contribution in [0.2, 0.25) is 5.02 Å². The van der Waals surface area contributed by atoms with Crippen molar-refractivity contribution >= 4 is 29.3 Å². The van der Waals surface area contributed by atoms with Crippen molar-refractivity contribution < 1.29 is 19.5 Å². The molecule has 0 aliphatic carbocycles. The number of aliphatic carboxylic acids is 1. The molecule has 0 spiro atoms. The monoisotopic (exact) mass is 338 g/mol. The van der Waals surface area contributed by atoms with E-state index in [1.54, 1.807) is 24.3 Å². The Labute approximate surface area is 139 Å². The van der Waals surface area contributed by atoms with Crippen LogP contribution >= 0.6 is 11.6 Å². The van der Waals surface area contributed by atoms with E-state index in [2.05, 4.69) is 5.32 Å². The summed E-state index contributed by atoms with van der Waals surface area (Å²) in [5.41, 5.74) is 0.659. The SMILES string of the molecule is O=C(O)CNC(=O)CN1CCC(C(=O)c2ccc(Cl)cc2)CC1. The standard InChI is InChI=1S/C16H19ClN2O4/c17-13-3-1-11(2-4-13)16(23)12-5-7-19(8-6-12)10-14(20)18-9-15(21)22/h1-4,12H,5-10H2,(H,18,20)(H,21,22). The number of carbonyl (C=O) groups is 3. The van der Waals surface area contributed by atoms with Crippen molar-refractivity contribution in [2.24, 2.45) is 5.92 Å². The zero-order valence-corrected chi connectivity index (χ0v) is 13.4. The van der Waals surface area contributed by atoms with Gasteiger partial charge >= 0.3 is 5.97 Å².